The van der Waals surface area contributed by atoms with Crippen LogP contribution in [-0.4, -0.2) is 75.5 Å². The molecule has 1 amide bonds. The Bertz CT molecular complexity index is 600. The first kappa shape index (κ1) is 16.1. The van der Waals surface area contributed by atoms with Gasteiger partial charge in [0.2, 0.25) is 5.91 Å². The fraction of sp³-hybridized carbons (Fsp3) is 0.778. The summed E-state index contributed by atoms with van der Waals surface area (Å²) >= 11 is 0. The van der Waals surface area contributed by atoms with Crippen molar-refractivity contribution < 1.29 is 4.79 Å². The molecule has 1 aromatic heterocycles. The molecule has 1 saturated carbocycles. The minimum atomic E-state index is -0.242. The van der Waals surface area contributed by atoms with Crippen molar-refractivity contribution in [1.82, 2.24) is 24.3 Å². The molecular weight excluding hydrogens is 302 g/mol. The molecule has 6 heteroatoms. The number of piperazine rings is 1. The second-order valence-electron chi connectivity index (χ2n) is 7.88. The lowest BCUT2D eigenvalue weighted by atomic mass is 9.82. The highest BCUT2D eigenvalue weighted by Gasteiger charge is 2.50. The van der Waals surface area contributed by atoms with Crippen molar-refractivity contribution in [1.29, 1.82) is 0 Å². The summed E-state index contributed by atoms with van der Waals surface area (Å²) in [5.74, 6) is 2.29. The van der Waals surface area contributed by atoms with Crippen molar-refractivity contribution in [2.45, 2.75) is 37.8 Å². The summed E-state index contributed by atoms with van der Waals surface area (Å²) in [6, 6.07) is 0. The van der Waals surface area contributed by atoms with Gasteiger partial charge in [-0.1, -0.05) is 0 Å². The lowest BCUT2D eigenvalue weighted by Crippen LogP contribution is -2.68. The maximum Gasteiger partial charge on any atom is 0.242 e. The SMILES string of the molecule is CN1CCN(CC2CC2)C2(CCN(Cc3nccn3C)CC2)C1=O. The predicted molar refractivity (Wildman–Crippen MR) is 92.4 cm³/mol. The van der Waals surface area contributed by atoms with E-state index >= 15 is 0 Å². The topological polar surface area (TPSA) is 44.6 Å². The molecular formula is C18H29N5O. The maximum absolute atomic E-state index is 13.0. The number of nitrogens with zero attached hydrogens (tertiary/aromatic N) is 5. The number of aromatic nitrogens is 2. The summed E-state index contributed by atoms with van der Waals surface area (Å²) in [5.41, 5.74) is -0.242. The molecule has 6 nitrogen and oxygen atoms in total. The Balaban J connectivity index is 1.45. The molecule has 0 unspecified atom stereocenters. The number of amides is 1. The van der Waals surface area contributed by atoms with Gasteiger partial charge in [0.25, 0.3) is 0 Å². The third-order valence-electron chi connectivity index (χ3n) is 6.20. The minimum Gasteiger partial charge on any atom is -0.343 e. The summed E-state index contributed by atoms with van der Waals surface area (Å²) in [7, 11) is 4.02. The van der Waals surface area contributed by atoms with E-state index in [9.17, 15) is 4.79 Å². The fourth-order valence-electron chi connectivity index (χ4n) is 4.31. The van der Waals surface area contributed by atoms with Gasteiger partial charge < -0.3 is 9.47 Å². The van der Waals surface area contributed by atoms with Crippen molar-refractivity contribution in [3.63, 3.8) is 0 Å². The summed E-state index contributed by atoms with van der Waals surface area (Å²) in [6.45, 7) is 5.88. The molecule has 0 atom stereocenters. The summed E-state index contributed by atoms with van der Waals surface area (Å²) in [6.07, 6.45) is 8.46. The highest BCUT2D eigenvalue weighted by molar-refractivity contribution is 5.87. The quantitative estimate of drug-likeness (QED) is 0.824. The number of rotatable bonds is 4. The Labute approximate surface area is 144 Å². The van der Waals surface area contributed by atoms with E-state index in [4.69, 9.17) is 0 Å². The van der Waals surface area contributed by atoms with Crippen LogP contribution in [0.15, 0.2) is 12.4 Å². The smallest absolute Gasteiger partial charge is 0.242 e. The van der Waals surface area contributed by atoms with E-state index in [1.54, 1.807) is 0 Å². The average molecular weight is 331 g/mol. The molecule has 1 aromatic rings. The van der Waals surface area contributed by atoms with Crippen LogP contribution in [0.1, 0.15) is 31.5 Å². The second kappa shape index (κ2) is 6.15. The van der Waals surface area contributed by atoms with Crippen LogP contribution in [0.2, 0.25) is 0 Å². The van der Waals surface area contributed by atoms with Crippen molar-refractivity contribution in [3.05, 3.63) is 18.2 Å². The molecule has 3 heterocycles. The second-order valence-corrected chi connectivity index (χ2v) is 7.88. The third kappa shape index (κ3) is 2.86. The number of piperidine rings is 1. The van der Waals surface area contributed by atoms with E-state index in [0.717, 1.165) is 63.9 Å². The summed E-state index contributed by atoms with van der Waals surface area (Å²) in [4.78, 5) is 24.4. The average Bonchev–Trinajstić information content (AvgIpc) is 3.32. The molecule has 1 spiro atoms. The first-order chi connectivity index (χ1) is 11.6. The Morgan fingerprint density at radius 2 is 1.92 bits per heavy atom. The predicted octanol–water partition coefficient (Wildman–Crippen LogP) is 0.939. The van der Waals surface area contributed by atoms with Gasteiger partial charge in [0.1, 0.15) is 11.4 Å². The fourth-order valence-corrected chi connectivity index (χ4v) is 4.31. The van der Waals surface area contributed by atoms with Crippen LogP contribution >= 0.6 is 0 Å². The van der Waals surface area contributed by atoms with E-state index in [1.165, 1.54) is 12.8 Å². The molecule has 1 aliphatic carbocycles. The minimum absolute atomic E-state index is 0.242. The first-order valence-corrected chi connectivity index (χ1v) is 9.28. The Hall–Kier alpha value is -1.40. The number of aryl methyl sites for hydroxylation is 1. The summed E-state index contributed by atoms with van der Waals surface area (Å²) in [5, 5.41) is 0. The largest absolute Gasteiger partial charge is 0.343 e. The van der Waals surface area contributed by atoms with Gasteiger partial charge >= 0.3 is 0 Å². The molecule has 2 aliphatic heterocycles. The van der Waals surface area contributed by atoms with Crippen molar-refractivity contribution >= 4 is 5.91 Å². The van der Waals surface area contributed by atoms with E-state index in [0.29, 0.717) is 5.91 Å². The molecule has 0 N–H and O–H groups in total. The van der Waals surface area contributed by atoms with Crippen LogP contribution in [0.4, 0.5) is 0 Å². The zero-order valence-corrected chi connectivity index (χ0v) is 14.9. The highest BCUT2D eigenvalue weighted by atomic mass is 16.2. The third-order valence-corrected chi connectivity index (χ3v) is 6.20. The number of hydrogen-bond acceptors (Lipinski definition) is 4. The van der Waals surface area contributed by atoms with Crippen molar-refractivity contribution in [3.8, 4) is 0 Å². The number of carbonyl (C=O) groups excluding carboxylic acids is 1. The number of carbonyl (C=O) groups is 1. The highest BCUT2D eigenvalue weighted by Crippen LogP contribution is 2.38. The molecule has 3 aliphatic rings. The van der Waals surface area contributed by atoms with Gasteiger partial charge in [0.05, 0.1) is 6.54 Å². The van der Waals surface area contributed by atoms with Crippen molar-refractivity contribution in [2.24, 2.45) is 13.0 Å². The Morgan fingerprint density at radius 3 is 2.54 bits per heavy atom. The molecule has 2 saturated heterocycles. The van der Waals surface area contributed by atoms with Gasteiger partial charge in [0, 0.05) is 59.2 Å². The monoisotopic (exact) mass is 331 g/mol. The molecule has 3 fully saturated rings. The van der Waals surface area contributed by atoms with Crippen molar-refractivity contribution in [2.75, 3.05) is 39.8 Å². The molecule has 24 heavy (non-hydrogen) atoms. The molecule has 4 rings (SSSR count). The zero-order chi connectivity index (χ0) is 16.7. The van der Waals surface area contributed by atoms with E-state index < -0.39 is 0 Å². The normalized spacial score (nSPS) is 25.6. The van der Waals surface area contributed by atoms with E-state index in [1.807, 2.05) is 31.4 Å². The van der Waals surface area contributed by atoms with Crippen LogP contribution in [-0.2, 0) is 18.4 Å². The molecule has 0 bridgehead atoms. The molecule has 0 radical (unpaired) electrons. The Morgan fingerprint density at radius 1 is 1.17 bits per heavy atom. The lowest BCUT2D eigenvalue weighted by molar-refractivity contribution is -0.154. The van der Waals surface area contributed by atoms with Gasteiger partial charge in [-0.3, -0.25) is 14.6 Å². The number of imidazole rings is 1. The summed E-state index contributed by atoms with van der Waals surface area (Å²) < 4.78 is 2.09. The van der Waals surface area contributed by atoms with Gasteiger partial charge in [-0.2, -0.15) is 0 Å². The Kier molecular flexibility index (Phi) is 4.12. The van der Waals surface area contributed by atoms with Gasteiger partial charge in [-0.15, -0.1) is 0 Å². The van der Waals surface area contributed by atoms with Gasteiger partial charge in [-0.25, -0.2) is 4.98 Å². The first-order valence-electron chi connectivity index (χ1n) is 9.28. The lowest BCUT2D eigenvalue weighted by Gasteiger charge is -2.52. The van der Waals surface area contributed by atoms with Gasteiger partial charge in [0.15, 0.2) is 0 Å². The van der Waals surface area contributed by atoms with Crippen LogP contribution in [0.5, 0.6) is 0 Å². The zero-order valence-electron chi connectivity index (χ0n) is 14.9. The number of hydrogen-bond donors (Lipinski definition) is 0. The van der Waals surface area contributed by atoms with Crippen LogP contribution in [0, 0.1) is 5.92 Å². The van der Waals surface area contributed by atoms with Crippen LogP contribution in [0.3, 0.4) is 0 Å². The van der Waals surface area contributed by atoms with E-state index in [2.05, 4.69) is 19.4 Å². The molecule has 0 aromatic carbocycles. The molecule has 132 valence electrons. The van der Waals surface area contributed by atoms with Crippen LogP contribution < -0.4 is 0 Å². The standard InChI is InChI=1S/C18H29N5O/c1-20-10-7-19-16(20)14-22-8-5-18(6-9-22)17(24)21(2)11-12-23(18)13-15-3-4-15/h7,10,15H,3-6,8-9,11-14H2,1-2H3. The van der Waals surface area contributed by atoms with Gasteiger partial charge in [-0.05, 0) is 31.6 Å². The van der Waals surface area contributed by atoms with E-state index in [-0.39, 0.29) is 5.54 Å². The van der Waals surface area contributed by atoms with Crippen LogP contribution in [0.25, 0.3) is 0 Å². The number of likely N-dealkylation sites (N-methyl/N-ethyl adjacent to an activating group) is 1. The number of likely N-dealkylation sites (tertiary alicyclic amines) is 1. The maximum atomic E-state index is 13.0.